The third-order valence-corrected chi connectivity index (χ3v) is 3.92. The molecule has 0 N–H and O–H groups in total. The maximum atomic E-state index is 12.2. The number of hydrogen-bond acceptors (Lipinski definition) is 1. The Hall–Kier alpha value is -0.350. The van der Waals surface area contributed by atoms with Gasteiger partial charge in [0.1, 0.15) is 0 Å². The van der Waals surface area contributed by atoms with E-state index >= 15 is 0 Å². The van der Waals surface area contributed by atoms with E-state index in [1.54, 1.807) is 0 Å². The summed E-state index contributed by atoms with van der Waals surface area (Å²) in [5.41, 5.74) is 0.720. The van der Waals surface area contributed by atoms with Crippen LogP contribution in [0.3, 0.4) is 0 Å². The first-order valence-corrected chi connectivity index (χ1v) is 6.87. The van der Waals surface area contributed by atoms with Gasteiger partial charge in [-0.15, -0.1) is 0 Å². The lowest BCUT2D eigenvalue weighted by molar-refractivity contribution is 0.0787. The largest absolute Gasteiger partial charge is 0.341 e. The molecule has 0 unspecified atom stereocenters. The van der Waals surface area contributed by atoms with E-state index in [1.807, 2.05) is 30.1 Å². The van der Waals surface area contributed by atoms with Gasteiger partial charge in [-0.3, -0.25) is 4.79 Å². The molecule has 16 heavy (non-hydrogen) atoms. The van der Waals surface area contributed by atoms with Gasteiger partial charge in [0.15, 0.2) is 0 Å². The van der Waals surface area contributed by atoms with E-state index in [0.29, 0.717) is 0 Å². The molecule has 1 amide bonds. The fraction of sp³-hybridized carbons (Fsp3) is 0.417. The van der Waals surface area contributed by atoms with Crippen LogP contribution in [0.4, 0.5) is 0 Å². The fourth-order valence-electron chi connectivity index (χ4n) is 1.64. The normalized spacial score (nSPS) is 14.9. The van der Waals surface area contributed by atoms with Crippen LogP contribution >= 0.6 is 31.9 Å². The molecule has 1 fully saturated rings. The summed E-state index contributed by atoms with van der Waals surface area (Å²) in [6.07, 6.45) is 2.52. The van der Waals surface area contributed by atoms with Crippen molar-refractivity contribution >= 4 is 37.8 Å². The molecular weight excluding hydrogens is 334 g/mol. The number of carbonyl (C=O) groups is 1. The standard InChI is InChI=1S/C12H13Br2NO/c1-15(7-8-2-3-8)12(16)10-6-9(13)4-5-11(10)14/h4-6,8H,2-3,7H2,1H3. The van der Waals surface area contributed by atoms with Crippen LogP contribution in [0.5, 0.6) is 0 Å². The first kappa shape index (κ1) is 12.1. The number of amides is 1. The molecule has 2 nitrogen and oxygen atoms in total. The molecular formula is C12H13Br2NO. The Morgan fingerprint density at radius 1 is 1.44 bits per heavy atom. The first-order valence-electron chi connectivity index (χ1n) is 5.28. The van der Waals surface area contributed by atoms with Crippen LogP contribution < -0.4 is 0 Å². The number of carbonyl (C=O) groups excluding carboxylic acids is 1. The van der Waals surface area contributed by atoms with Crippen molar-refractivity contribution in [2.75, 3.05) is 13.6 Å². The summed E-state index contributed by atoms with van der Waals surface area (Å²) >= 11 is 6.80. The van der Waals surface area contributed by atoms with Gasteiger partial charge in [-0.25, -0.2) is 0 Å². The van der Waals surface area contributed by atoms with Crippen molar-refractivity contribution < 1.29 is 4.79 Å². The van der Waals surface area contributed by atoms with Crippen molar-refractivity contribution in [3.8, 4) is 0 Å². The average Bonchev–Trinajstić information content (AvgIpc) is 3.04. The molecule has 86 valence electrons. The minimum absolute atomic E-state index is 0.0834. The molecule has 1 saturated carbocycles. The van der Waals surface area contributed by atoms with Crippen LogP contribution in [0.25, 0.3) is 0 Å². The molecule has 0 spiro atoms. The van der Waals surface area contributed by atoms with Gasteiger partial charge in [-0.1, -0.05) is 15.9 Å². The van der Waals surface area contributed by atoms with Crippen molar-refractivity contribution in [3.63, 3.8) is 0 Å². The predicted molar refractivity (Wildman–Crippen MR) is 71.5 cm³/mol. The maximum absolute atomic E-state index is 12.2. The van der Waals surface area contributed by atoms with E-state index in [9.17, 15) is 4.79 Å². The summed E-state index contributed by atoms with van der Waals surface area (Å²) in [5, 5.41) is 0. The van der Waals surface area contributed by atoms with Gasteiger partial charge in [-0.2, -0.15) is 0 Å². The lowest BCUT2D eigenvalue weighted by Crippen LogP contribution is -2.29. The zero-order valence-electron chi connectivity index (χ0n) is 9.04. The van der Waals surface area contributed by atoms with E-state index in [0.717, 1.165) is 27.0 Å². The fourth-order valence-corrected chi connectivity index (χ4v) is 2.41. The summed E-state index contributed by atoms with van der Waals surface area (Å²) in [6, 6.07) is 5.67. The molecule has 1 aromatic carbocycles. The number of hydrogen-bond donors (Lipinski definition) is 0. The molecule has 0 saturated heterocycles. The van der Waals surface area contributed by atoms with Gasteiger partial charge in [0.2, 0.25) is 0 Å². The third-order valence-electron chi connectivity index (χ3n) is 2.73. The van der Waals surface area contributed by atoms with Crippen molar-refractivity contribution in [2.45, 2.75) is 12.8 Å². The van der Waals surface area contributed by atoms with Gasteiger partial charge in [0, 0.05) is 22.5 Å². The van der Waals surface area contributed by atoms with Gasteiger partial charge in [0.05, 0.1) is 5.56 Å². The molecule has 2 rings (SSSR count). The highest BCUT2D eigenvalue weighted by Gasteiger charge is 2.25. The molecule has 0 aromatic heterocycles. The number of benzene rings is 1. The average molecular weight is 347 g/mol. The molecule has 1 aromatic rings. The highest BCUT2D eigenvalue weighted by Crippen LogP contribution is 2.30. The molecule has 0 heterocycles. The molecule has 4 heteroatoms. The van der Waals surface area contributed by atoms with Gasteiger partial charge in [0.25, 0.3) is 5.91 Å². The molecule has 1 aliphatic carbocycles. The summed E-state index contributed by atoms with van der Waals surface area (Å²) in [7, 11) is 1.87. The molecule has 0 bridgehead atoms. The maximum Gasteiger partial charge on any atom is 0.254 e. The second-order valence-corrected chi connectivity index (χ2v) is 6.02. The first-order chi connectivity index (χ1) is 7.58. The van der Waals surface area contributed by atoms with Crippen molar-refractivity contribution in [1.82, 2.24) is 4.90 Å². The number of nitrogens with zero attached hydrogens (tertiary/aromatic N) is 1. The topological polar surface area (TPSA) is 20.3 Å². The summed E-state index contributed by atoms with van der Waals surface area (Å²) in [6.45, 7) is 0.873. The Labute approximate surface area is 112 Å². The van der Waals surface area contributed by atoms with Crippen molar-refractivity contribution in [2.24, 2.45) is 5.92 Å². The lowest BCUT2D eigenvalue weighted by Gasteiger charge is -2.17. The van der Waals surface area contributed by atoms with Crippen LogP contribution in [0.1, 0.15) is 23.2 Å². The number of rotatable bonds is 3. The zero-order chi connectivity index (χ0) is 11.7. The number of halogens is 2. The van der Waals surface area contributed by atoms with Crippen LogP contribution in [0.2, 0.25) is 0 Å². The van der Waals surface area contributed by atoms with Crippen molar-refractivity contribution in [1.29, 1.82) is 0 Å². The molecule has 0 atom stereocenters. The molecule has 0 aliphatic heterocycles. The highest BCUT2D eigenvalue weighted by molar-refractivity contribution is 9.11. The van der Waals surface area contributed by atoms with E-state index in [1.165, 1.54) is 12.8 Å². The van der Waals surface area contributed by atoms with E-state index < -0.39 is 0 Å². The summed E-state index contributed by atoms with van der Waals surface area (Å²) in [5.74, 6) is 0.806. The van der Waals surface area contributed by atoms with Crippen LogP contribution in [-0.2, 0) is 0 Å². The second-order valence-electron chi connectivity index (χ2n) is 4.25. The SMILES string of the molecule is CN(CC1CC1)C(=O)c1cc(Br)ccc1Br. The highest BCUT2D eigenvalue weighted by atomic mass is 79.9. The van der Waals surface area contributed by atoms with E-state index in [-0.39, 0.29) is 5.91 Å². The van der Waals surface area contributed by atoms with Gasteiger partial charge in [-0.05, 0) is 52.9 Å². The van der Waals surface area contributed by atoms with Crippen LogP contribution in [0.15, 0.2) is 27.1 Å². The van der Waals surface area contributed by atoms with Crippen LogP contribution in [0, 0.1) is 5.92 Å². The van der Waals surface area contributed by atoms with E-state index in [2.05, 4.69) is 31.9 Å². The second kappa shape index (κ2) is 4.88. The molecule has 0 radical (unpaired) electrons. The quantitative estimate of drug-likeness (QED) is 0.817. The summed E-state index contributed by atoms with van der Waals surface area (Å²) < 4.78 is 1.78. The Balaban J connectivity index is 2.14. The van der Waals surface area contributed by atoms with Gasteiger partial charge < -0.3 is 4.90 Å². The Kier molecular flexibility index (Phi) is 3.70. The summed E-state index contributed by atoms with van der Waals surface area (Å²) in [4.78, 5) is 14.0. The van der Waals surface area contributed by atoms with Gasteiger partial charge >= 0.3 is 0 Å². The minimum atomic E-state index is 0.0834. The molecule has 1 aliphatic rings. The lowest BCUT2D eigenvalue weighted by atomic mass is 10.2. The minimum Gasteiger partial charge on any atom is -0.341 e. The predicted octanol–water partition coefficient (Wildman–Crippen LogP) is 3.69. The smallest absolute Gasteiger partial charge is 0.254 e. The van der Waals surface area contributed by atoms with Crippen molar-refractivity contribution in [3.05, 3.63) is 32.7 Å². The zero-order valence-corrected chi connectivity index (χ0v) is 12.2. The van der Waals surface area contributed by atoms with Crippen LogP contribution in [-0.4, -0.2) is 24.4 Å². The Morgan fingerprint density at radius 2 is 2.12 bits per heavy atom. The third kappa shape index (κ3) is 2.86. The monoisotopic (exact) mass is 345 g/mol. The Bertz CT molecular complexity index is 415. The van der Waals surface area contributed by atoms with E-state index in [4.69, 9.17) is 0 Å². The Morgan fingerprint density at radius 3 is 2.75 bits per heavy atom.